The third-order valence-corrected chi connectivity index (χ3v) is 7.16. The van der Waals surface area contributed by atoms with Crippen molar-refractivity contribution in [2.75, 3.05) is 13.2 Å². The molecule has 29 heavy (non-hydrogen) atoms. The molecule has 5 rings (SSSR count). The fraction of sp³-hybridized carbons (Fsp3) is 0.440. The van der Waals surface area contributed by atoms with Crippen LogP contribution in [0.2, 0.25) is 0 Å². The predicted molar refractivity (Wildman–Crippen MR) is 114 cm³/mol. The van der Waals surface area contributed by atoms with E-state index in [2.05, 4.69) is 54.1 Å². The highest BCUT2D eigenvalue weighted by Crippen LogP contribution is 2.43. The maximum atomic E-state index is 12.3. The first-order valence-electron chi connectivity index (χ1n) is 10.7. The second kappa shape index (κ2) is 6.81. The normalized spacial score (nSPS) is 24.4. The second-order valence-electron chi connectivity index (χ2n) is 9.08. The lowest BCUT2D eigenvalue weighted by Crippen LogP contribution is -2.79. The van der Waals surface area contributed by atoms with Crippen LogP contribution >= 0.6 is 0 Å². The second-order valence-corrected chi connectivity index (χ2v) is 9.08. The van der Waals surface area contributed by atoms with Crippen LogP contribution in [0.1, 0.15) is 54.2 Å². The zero-order valence-electron chi connectivity index (χ0n) is 17.5. The third-order valence-electron chi connectivity index (χ3n) is 7.16. The van der Waals surface area contributed by atoms with Gasteiger partial charge in [0.25, 0.3) is 0 Å². The quantitative estimate of drug-likeness (QED) is 0.804. The van der Waals surface area contributed by atoms with Crippen LogP contribution in [0.25, 0.3) is 0 Å². The maximum Gasteiger partial charge on any atom is 0.338 e. The summed E-state index contributed by atoms with van der Waals surface area (Å²) in [4.78, 5) is 18.7. The largest absolute Gasteiger partial charge is 0.462 e. The van der Waals surface area contributed by atoms with Crippen LogP contribution in [0, 0.1) is 5.92 Å². The van der Waals surface area contributed by atoms with Crippen molar-refractivity contribution < 1.29 is 14.5 Å². The van der Waals surface area contributed by atoms with Crippen molar-refractivity contribution in [3.05, 3.63) is 64.7 Å². The van der Waals surface area contributed by atoms with Gasteiger partial charge in [-0.2, -0.15) is 0 Å². The molecule has 3 aliphatic heterocycles. The zero-order chi connectivity index (χ0) is 20.2. The van der Waals surface area contributed by atoms with Gasteiger partial charge in [-0.3, -0.25) is 4.90 Å². The van der Waals surface area contributed by atoms with E-state index in [-0.39, 0.29) is 11.4 Å². The SMILES string of the molecule is CCOC(=O)c1ccc2c(c1)C(C)(C)[C@H]1CCN3Cc4ccccc4C[C@H]3C1=[NH+]2. The van der Waals surface area contributed by atoms with E-state index in [0.29, 0.717) is 24.1 Å². The molecule has 0 amide bonds. The Morgan fingerprint density at radius 2 is 2.00 bits per heavy atom. The summed E-state index contributed by atoms with van der Waals surface area (Å²) in [6, 6.07) is 15.3. The molecule has 0 aliphatic carbocycles. The van der Waals surface area contributed by atoms with E-state index in [1.54, 1.807) is 0 Å². The number of esters is 1. The summed E-state index contributed by atoms with van der Waals surface area (Å²) in [6.45, 7) is 9.06. The van der Waals surface area contributed by atoms with Crippen LogP contribution in [0.3, 0.4) is 0 Å². The van der Waals surface area contributed by atoms with E-state index in [0.717, 1.165) is 31.6 Å². The van der Waals surface area contributed by atoms with Gasteiger partial charge >= 0.3 is 5.97 Å². The number of nitrogens with zero attached hydrogens (tertiary/aromatic N) is 1. The number of hydrogen-bond acceptors (Lipinski definition) is 3. The molecule has 2 aromatic rings. The molecule has 3 aliphatic rings. The lowest BCUT2D eigenvalue weighted by molar-refractivity contribution is -0.369. The molecule has 0 spiro atoms. The first kappa shape index (κ1) is 18.6. The number of hydrogen-bond donors (Lipinski definition) is 1. The Labute approximate surface area is 172 Å². The Balaban J connectivity index is 1.56. The monoisotopic (exact) mass is 389 g/mol. The summed E-state index contributed by atoms with van der Waals surface area (Å²) >= 11 is 0. The summed E-state index contributed by atoms with van der Waals surface area (Å²) in [5, 5.41) is 0. The molecule has 4 nitrogen and oxygen atoms in total. The Hall–Kier alpha value is -2.46. The van der Waals surface area contributed by atoms with Crippen molar-refractivity contribution in [3.63, 3.8) is 0 Å². The number of ether oxygens (including phenoxy) is 1. The van der Waals surface area contributed by atoms with E-state index in [4.69, 9.17) is 4.74 Å². The molecule has 3 heterocycles. The van der Waals surface area contributed by atoms with Gasteiger partial charge in [0.2, 0.25) is 5.69 Å². The van der Waals surface area contributed by atoms with Crippen molar-refractivity contribution in [1.82, 2.24) is 4.90 Å². The van der Waals surface area contributed by atoms with Gasteiger partial charge < -0.3 is 4.74 Å². The summed E-state index contributed by atoms with van der Waals surface area (Å²) in [5.74, 6) is 0.221. The average Bonchev–Trinajstić information content (AvgIpc) is 2.72. The van der Waals surface area contributed by atoms with Gasteiger partial charge in [-0.1, -0.05) is 38.1 Å². The lowest BCUT2D eigenvalue weighted by atomic mass is 9.64. The first-order valence-corrected chi connectivity index (χ1v) is 10.7. The minimum absolute atomic E-state index is 0.0263. The number of benzene rings is 2. The maximum absolute atomic E-state index is 12.3. The van der Waals surface area contributed by atoms with E-state index in [9.17, 15) is 4.79 Å². The Morgan fingerprint density at radius 3 is 2.79 bits per heavy atom. The molecule has 4 heteroatoms. The van der Waals surface area contributed by atoms with Gasteiger partial charge in [0.05, 0.1) is 24.1 Å². The summed E-state index contributed by atoms with van der Waals surface area (Å²) in [7, 11) is 0. The molecular weight excluding hydrogens is 360 g/mol. The van der Waals surface area contributed by atoms with Gasteiger partial charge in [-0.05, 0) is 43.0 Å². The Bertz CT molecular complexity index is 1010. The average molecular weight is 390 g/mol. The van der Waals surface area contributed by atoms with E-state index in [1.807, 2.05) is 19.1 Å². The third kappa shape index (κ3) is 2.93. The van der Waals surface area contributed by atoms with Gasteiger partial charge in [0, 0.05) is 30.1 Å². The minimum atomic E-state index is -0.236. The Kier molecular flexibility index (Phi) is 4.36. The molecule has 1 N–H and O–H groups in total. The number of carbonyl (C=O) groups is 1. The van der Waals surface area contributed by atoms with Crippen molar-refractivity contribution >= 4 is 17.4 Å². The van der Waals surface area contributed by atoms with E-state index in [1.165, 1.54) is 22.4 Å². The van der Waals surface area contributed by atoms with Crippen LogP contribution in [0.4, 0.5) is 5.69 Å². The van der Waals surface area contributed by atoms with Crippen molar-refractivity contribution in [2.45, 2.75) is 51.6 Å². The molecule has 0 unspecified atom stereocenters. The first-order chi connectivity index (χ1) is 14.0. The van der Waals surface area contributed by atoms with E-state index < -0.39 is 0 Å². The molecule has 0 saturated carbocycles. The van der Waals surface area contributed by atoms with Crippen LogP contribution in [0.5, 0.6) is 0 Å². The molecule has 150 valence electrons. The van der Waals surface area contributed by atoms with Crippen molar-refractivity contribution in [2.24, 2.45) is 5.92 Å². The van der Waals surface area contributed by atoms with Gasteiger partial charge in [0.15, 0.2) is 5.71 Å². The zero-order valence-corrected chi connectivity index (χ0v) is 17.5. The molecule has 2 atom stereocenters. The predicted octanol–water partition coefficient (Wildman–Crippen LogP) is 2.75. The Morgan fingerprint density at radius 1 is 1.21 bits per heavy atom. The number of fused-ring (bicyclic) bond motifs is 5. The lowest BCUT2D eigenvalue weighted by Gasteiger charge is -2.47. The number of nitrogens with one attached hydrogen (secondary N) is 1. The molecular formula is C25H29N2O2+. The van der Waals surface area contributed by atoms with Crippen LogP contribution < -0.4 is 4.99 Å². The highest BCUT2D eigenvalue weighted by molar-refractivity contribution is 5.93. The fourth-order valence-electron chi connectivity index (χ4n) is 5.59. The standard InChI is InChI=1S/C25H28N2O2/c1-4-29-24(28)17-9-10-21-20(13-17)25(2,3)19-11-12-27-15-18-8-6-5-7-16(18)14-22(27)23(19)26-21/h5-10,13,19,22H,4,11-12,14-15H2,1-3H3/p+1/t19-,22-/m0/s1. The molecule has 0 aromatic heterocycles. The highest BCUT2D eigenvalue weighted by atomic mass is 16.5. The van der Waals surface area contributed by atoms with Crippen molar-refractivity contribution in [1.29, 1.82) is 0 Å². The number of piperidine rings is 1. The number of carbonyl (C=O) groups excluding carboxylic acids is 1. The molecule has 0 bridgehead atoms. The van der Waals surface area contributed by atoms with Crippen LogP contribution in [0.15, 0.2) is 42.5 Å². The fourth-order valence-corrected chi connectivity index (χ4v) is 5.59. The molecule has 1 saturated heterocycles. The molecule has 2 aromatic carbocycles. The van der Waals surface area contributed by atoms with Crippen LogP contribution in [-0.2, 0) is 23.1 Å². The summed E-state index contributed by atoms with van der Waals surface area (Å²) < 4.78 is 5.23. The minimum Gasteiger partial charge on any atom is -0.462 e. The van der Waals surface area contributed by atoms with Gasteiger partial charge in [-0.25, -0.2) is 9.79 Å². The van der Waals surface area contributed by atoms with Gasteiger partial charge in [0.1, 0.15) is 0 Å². The summed E-state index contributed by atoms with van der Waals surface area (Å²) in [5.41, 5.74) is 7.38. The smallest absolute Gasteiger partial charge is 0.338 e. The van der Waals surface area contributed by atoms with Crippen LogP contribution in [-0.4, -0.2) is 35.8 Å². The number of rotatable bonds is 2. The topological polar surface area (TPSA) is 43.5 Å². The summed E-state index contributed by atoms with van der Waals surface area (Å²) in [6.07, 6.45) is 2.21. The van der Waals surface area contributed by atoms with Crippen molar-refractivity contribution in [3.8, 4) is 0 Å². The molecule has 1 fully saturated rings. The van der Waals surface area contributed by atoms with E-state index >= 15 is 0 Å². The van der Waals surface area contributed by atoms with Gasteiger partial charge in [-0.15, -0.1) is 0 Å². The molecule has 0 radical (unpaired) electrons. The highest BCUT2D eigenvalue weighted by Gasteiger charge is 2.51.